The number of hydrogen-bond acceptors (Lipinski definition) is 5. The second kappa shape index (κ2) is 8.46. The molecular formula is C14H19NO4P+. The average molecular weight is 296 g/mol. The van der Waals surface area contributed by atoms with Crippen molar-refractivity contribution in [2.24, 2.45) is 0 Å². The van der Waals surface area contributed by atoms with E-state index in [1.807, 2.05) is 30.3 Å². The van der Waals surface area contributed by atoms with Gasteiger partial charge in [0, 0.05) is 5.69 Å². The van der Waals surface area contributed by atoms with Crippen LogP contribution in [0.25, 0.3) is 0 Å². The summed E-state index contributed by atoms with van der Waals surface area (Å²) in [6.45, 7) is 3.51. The fourth-order valence-electron chi connectivity index (χ4n) is 1.39. The first-order valence-corrected chi connectivity index (χ1v) is 7.92. The van der Waals surface area contributed by atoms with Crippen LogP contribution in [0, 0.1) is 0 Å². The maximum Gasteiger partial charge on any atom is 0.370 e. The van der Waals surface area contributed by atoms with E-state index < -0.39 is 20.1 Å². The van der Waals surface area contributed by atoms with E-state index in [1.165, 1.54) is 6.08 Å². The normalized spacial score (nSPS) is 12.2. The predicted molar refractivity (Wildman–Crippen MR) is 78.9 cm³/mol. The number of nitrogens with one attached hydrogen (secondary N) is 1. The van der Waals surface area contributed by atoms with E-state index in [-0.39, 0.29) is 18.0 Å². The van der Waals surface area contributed by atoms with Crippen LogP contribution in [0.1, 0.15) is 13.8 Å². The molecule has 6 heteroatoms. The Kier molecular flexibility index (Phi) is 6.91. The number of carbonyl (C=O) groups is 1. The summed E-state index contributed by atoms with van der Waals surface area (Å²) in [5.41, 5.74) is 0.959. The lowest BCUT2D eigenvalue weighted by atomic mass is 10.3. The minimum atomic E-state index is -1.75. The summed E-state index contributed by atoms with van der Waals surface area (Å²) in [7, 11) is -1.75. The third kappa shape index (κ3) is 5.95. The summed E-state index contributed by atoms with van der Waals surface area (Å²) in [5, 5.41) is 11.7. The maximum atomic E-state index is 11.9. The quantitative estimate of drug-likeness (QED) is 0.459. The lowest BCUT2D eigenvalue weighted by Gasteiger charge is -2.12. The van der Waals surface area contributed by atoms with E-state index in [2.05, 4.69) is 5.32 Å². The number of allylic oxidation sites excluding steroid dienone is 1. The van der Waals surface area contributed by atoms with Crippen LogP contribution in [-0.4, -0.2) is 29.7 Å². The minimum Gasteiger partial charge on any atom is -0.458 e. The number of carbonyl (C=O) groups excluding carboxylic acids is 1. The van der Waals surface area contributed by atoms with E-state index in [0.717, 1.165) is 5.69 Å². The molecule has 0 saturated heterocycles. The van der Waals surface area contributed by atoms with Crippen molar-refractivity contribution >= 4 is 19.5 Å². The number of benzene rings is 1. The van der Waals surface area contributed by atoms with Crippen molar-refractivity contribution in [1.29, 1.82) is 0 Å². The van der Waals surface area contributed by atoms with Gasteiger partial charge in [-0.15, -0.1) is 0 Å². The molecule has 0 bridgehead atoms. The molecule has 0 amide bonds. The van der Waals surface area contributed by atoms with Gasteiger partial charge in [0.1, 0.15) is 5.70 Å². The van der Waals surface area contributed by atoms with Crippen molar-refractivity contribution in [3.05, 3.63) is 42.1 Å². The summed E-state index contributed by atoms with van der Waals surface area (Å²) in [6, 6.07) is 9.15. The van der Waals surface area contributed by atoms with Gasteiger partial charge < -0.3 is 15.2 Å². The molecule has 5 nitrogen and oxygen atoms in total. The van der Waals surface area contributed by atoms with Crippen molar-refractivity contribution in [1.82, 2.24) is 0 Å². The van der Waals surface area contributed by atoms with E-state index >= 15 is 0 Å². The number of hydrogen-bond donors (Lipinski definition) is 2. The lowest BCUT2D eigenvalue weighted by molar-refractivity contribution is -0.142. The van der Waals surface area contributed by atoms with Gasteiger partial charge in [-0.05, 0) is 32.1 Å². The Morgan fingerprint density at radius 2 is 2.05 bits per heavy atom. The zero-order valence-corrected chi connectivity index (χ0v) is 12.5. The Morgan fingerprint density at radius 1 is 1.40 bits per heavy atom. The molecule has 1 aromatic rings. The van der Waals surface area contributed by atoms with Gasteiger partial charge in [0.15, 0.2) is 6.16 Å². The molecule has 0 aromatic heterocycles. The van der Waals surface area contributed by atoms with Crippen LogP contribution in [0.2, 0.25) is 0 Å². The number of aliphatic hydroxyl groups excluding tert-OH is 1. The Labute approximate surface area is 119 Å². The summed E-state index contributed by atoms with van der Waals surface area (Å²) in [5.74, 6) is -0.509. The highest BCUT2D eigenvalue weighted by Crippen LogP contribution is 2.19. The van der Waals surface area contributed by atoms with Crippen LogP contribution >= 0.6 is 7.80 Å². The van der Waals surface area contributed by atoms with Gasteiger partial charge in [0.25, 0.3) is 0 Å². The second-order valence-electron chi connectivity index (χ2n) is 4.37. The summed E-state index contributed by atoms with van der Waals surface area (Å²) in [6.07, 6.45) is 0.972. The Hall–Kier alpha value is -1.71. The molecule has 0 fully saturated rings. The van der Waals surface area contributed by atoms with E-state index in [0.29, 0.717) is 0 Å². The molecular weight excluding hydrogens is 277 g/mol. The monoisotopic (exact) mass is 296 g/mol. The molecule has 20 heavy (non-hydrogen) atoms. The van der Waals surface area contributed by atoms with Crippen LogP contribution in [0.15, 0.2) is 42.1 Å². The molecule has 1 atom stereocenters. The molecule has 0 aliphatic carbocycles. The molecule has 1 unspecified atom stereocenters. The molecule has 0 aliphatic rings. The van der Waals surface area contributed by atoms with Crippen LogP contribution in [0.4, 0.5) is 5.69 Å². The lowest BCUT2D eigenvalue weighted by Crippen LogP contribution is -2.18. The number of esters is 1. The fraction of sp³-hybridized carbons (Fsp3) is 0.357. The van der Waals surface area contributed by atoms with Gasteiger partial charge in [-0.25, -0.2) is 4.79 Å². The molecule has 1 rings (SSSR count). The highest BCUT2D eigenvalue weighted by atomic mass is 31.1. The number of para-hydroxylation sites is 1. The third-order valence-corrected chi connectivity index (χ3v) is 3.18. The molecule has 0 aliphatic heterocycles. The van der Waals surface area contributed by atoms with Crippen molar-refractivity contribution in [2.75, 3.05) is 17.8 Å². The number of anilines is 1. The Balaban J connectivity index is 2.83. The van der Waals surface area contributed by atoms with Crippen LogP contribution in [0.5, 0.6) is 0 Å². The number of rotatable bonds is 7. The molecule has 2 N–H and O–H groups in total. The van der Waals surface area contributed by atoms with Crippen LogP contribution < -0.4 is 5.32 Å². The Morgan fingerprint density at radius 3 is 2.60 bits per heavy atom. The number of ether oxygens (including phenoxy) is 1. The highest BCUT2D eigenvalue weighted by Gasteiger charge is 2.17. The topological polar surface area (TPSA) is 75.6 Å². The first kappa shape index (κ1) is 16.3. The average Bonchev–Trinajstić information content (AvgIpc) is 2.43. The fourth-order valence-corrected chi connectivity index (χ4v) is 1.89. The predicted octanol–water partition coefficient (Wildman–Crippen LogP) is 2.71. The minimum absolute atomic E-state index is 0.119. The summed E-state index contributed by atoms with van der Waals surface area (Å²) >= 11 is 0. The largest absolute Gasteiger partial charge is 0.458 e. The standard InChI is InChI=1S/C14H19NO4P/c1-11(2)19-14(17)13(8-9-20(18)10-16)15-12-6-4-3-5-7-12/h3-8,11,15-16H,9-10H2,1-2H3/q+1. The summed E-state index contributed by atoms with van der Waals surface area (Å²) < 4.78 is 16.4. The van der Waals surface area contributed by atoms with Crippen molar-refractivity contribution in [3.63, 3.8) is 0 Å². The molecule has 0 radical (unpaired) electrons. The first-order valence-electron chi connectivity index (χ1n) is 6.29. The molecule has 0 spiro atoms. The van der Waals surface area contributed by atoms with Crippen LogP contribution in [0.3, 0.4) is 0 Å². The van der Waals surface area contributed by atoms with E-state index in [4.69, 9.17) is 9.84 Å². The van der Waals surface area contributed by atoms with Crippen molar-refractivity contribution in [2.45, 2.75) is 20.0 Å². The molecule has 1 aromatic carbocycles. The molecule has 0 heterocycles. The van der Waals surface area contributed by atoms with Crippen molar-refractivity contribution < 1.29 is 19.2 Å². The van der Waals surface area contributed by atoms with Gasteiger partial charge in [-0.3, -0.25) is 0 Å². The van der Waals surface area contributed by atoms with Gasteiger partial charge in [-0.1, -0.05) is 22.8 Å². The van der Waals surface area contributed by atoms with Gasteiger partial charge in [0.2, 0.25) is 6.35 Å². The summed E-state index contributed by atoms with van der Waals surface area (Å²) in [4.78, 5) is 11.9. The highest BCUT2D eigenvalue weighted by molar-refractivity contribution is 7.44. The Bertz CT molecular complexity index is 485. The van der Waals surface area contributed by atoms with E-state index in [9.17, 15) is 9.36 Å². The SMILES string of the molecule is CC(C)OC(=O)C(=CC[P+](=O)CO)Nc1ccccc1. The van der Waals surface area contributed by atoms with Gasteiger partial charge in [-0.2, -0.15) is 0 Å². The first-order chi connectivity index (χ1) is 9.52. The van der Waals surface area contributed by atoms with Gasteiger partial charge in [0.05, 0.1) is 6.10 Å². The van der Waals surface area contributed by atoms with E-state index in [1.54, 1.807) is 13.8 Å². The van der Waals surface area contributed by atoms with Gasteiger partial charge >= 0.3 is 13.8 Å². The molecule has 108 valence electrons. The second-order valence-corrected chi connectivity index (χ2v) is 5.98. The zero-order chi connectivity index (χ0) is 15.0. The smallest absolute Gasteiger partial charge is 0.370 e. The van der Waals surface area contributed by atoms with Crippen LogP contribution in [-0.2, 0) is 14.1 Å². The maximum absolute atomic E-state index is 11.9. The zero-order valence-electron chi connectivity index (χ0n) is 11.6. The molecule has 0 saturated carbocycles. The number of aliphatic hydroxyl groups is 1. The third-order valence-electron chi connectivity index (χ3n) is 2.27. The van der Waals surface area contributed by atoms with Crippen molar-refractivity contribution in [3.8, 4) is 0 Å².